The summed E-state index contributed by atoms with van der Waals surface area (Å²) in [5.74, 6) is 0.324. The standard InChI is InChI=1S/C19H20FNO2S/c1-24-18-8-3-2-7-17(18)19(22)21-11-9-15(10-12-21)23-16-6-4-5-14(20)13-16/h2-8,13,15H,9-12H2,1H3. The monoisotopic (exact) mass is 345 g/mol. The highest BCUT2D eigenvalue weighted by atomic mass is 32.2. The number of likely N-dealkylation sites (tertiary alicyclic amines) is 1. The van der Waals surface area contributed by atoms with Gasteiger partial charge in [-0.1, -0.05) is 18.2 Å². The molecule has 0 aromatic heterocycles. The summed E-state index contributed by atoms with van der Waals surface area (Å²) < 4.78 is 19.0. The molecule has 0 radical (unpaired) electrons. The molecule has 0 atom stereocenters. The molecule has 0 bridgehead atoms. The highest BCUT2D eigenvalue weighted by Crippen LogP contribution is 2.24. The number of carbonyl (C=O) groups excluding carboxylic acids is 1. The summed E-state index contributed by atoms with van der Waals surface area (Å²) in [5.41, 5.74) is 0.759. The molecule has 3 rings (SSSR count). The van der Waals surface area contributed by atoms with E-state index in [4.69, 9.17) is 4.74 Å². The summed E-state index contributed by atoms with van der Waals surface area (Å²) in [6.07, 6.45) is 3.50. The lowest BCUT2D eigenvalue weighted by Crippen LogP contribution is -2.41. The van der Waals surface area contributed by atoms with Crippen molar-refractivity contribution in [2.75, 3.05) is 19.3 Å². The number of halogens is 1. The Morgan fingerprint density at radius 1 is 1.17 bits per heavy atom. The highest BCUT2D eigenvalue weighted by Gasteiger charge is 2.25. The molecule has 24 heavy (non-hydrogen) atoms. The smallest absolute Gasteiger partial charge is 0.254 e. The van der Waals surface area contributed by atoms with Crippen LogP contribution in [0.15, 0.2) is 53.4 Å². The van der Waals surface area contributed by atoms with Gasteiger partial charge < -0.3 is 9.64 Å². The lowest BCUT2D eigenvalue weighted by molar-refractivity contribution is 0.0592. The first kappa shape index (κ1) is 16.8. The minimum absolute atomic E-state index is 0.0200. The average molecular weight is 345 g/mol. The van der Waals surface area contributed by atoms with Crippen LogP contribution in [0, 0.1) is 5.82 Å². The van der Waals surface area contributed by atoms with Crippen LogP contribution in [0.25, 0.3) is 0 Å². The van der Waals surface area contributed by atoms with Gasteiger partial charge >= 0.3 is 0 Å². The van der Waals surface area contributed by atoms with Crippen molar-refractivity contribution in [3.63, 3.8) is 0 Å². The van der Waals surface area contributed by atoms with E-state index in [1.54, 1.807) is 23.9 Å². The second kappa shape index (κ2) is 7.71. The number of piperidine rings is 1. The lowest BCUT2D eigenvalue weighted by Gasteiger charge is -2.32. The lowest BCUT2D eigenvalue weighted by atomic mass is 10.1. The van der Waals surface area contributed by atoms with Crippen LogP contribution in [0.2, 0.25) is 0 Å². The Bertz CT molecular complexity index is 714. The van der Waals surface area contributed by atoms with Gasteiger partial charge in [-0.3, -0.25) is 4.79 Å². The fraction of sp³-hybridized carbons (Fsp3) is 0.316. The van der Waals surface area contributed by atoms with Gasteiger partial charge in [0.25, 0.3) is 5.91 Å². The van der Waals surface area contributed by atoms with Gasteiger partial charge in [-0.2, -0.15) is 0 Å². The van der Waals surface area contributed by atoms with Gasteiger partial charge in [0, 0.05) is 36.9 Å². The molecule has 0 saturated carbocycles. The van der Waals surface area contributed by atoms with Crippen LogP contribution >= 0.6 is 11.8 Å². The van der Waals surface area contributed by atoms with Crippen LogP contribution in [0.3, 0.4) is 0 Å². The predicted octanol–water partition coefficient (Wildman–Crippen LogP) is 4.23. The number of carbonyl (C=O) groups is 1. The second-order valence-corrected chi connectivity index (χ2v) is 6.62. The molecular formula is C19H20FNO2S. The number of amides is 1. The van der Waals surface area contributed by atoms with Gasteiger partial charge in [0.05, 0.1) is 5.56 Å². The third-order valence-corrected chi connectivity index (χ3v) is 4.96. The number of benzene rings is 2. The Balaban J connectivity index is 1.59. The predicted molar refractivity (Wildman–Crippen MR) is 94.2 cm³/mol. The molecule has 5 heteroatoms. The molecule has 2 aromatic rings. The summed E-state index contributed by atoms with van der Waals surface area (Å²) in [6, 6.07) is 13.9. The van der Waals surface area contributed by atoms with E-state index in [-0.39, 0.29) is 17.8 Å². The highest BCUT2D eigenvalue weighted by molar-refractivity contribution is 7.98. The molecule has 0 aliphatic carbocycles. The zero-order valence-electron chi connectivity index (χ0n) is 13.6. The molecule has 0 unspecified atom stereocenters. The summed E-state index contributed by atoms with van der Waals surface area (Å²) in [4.78, 5) is 15.6. The van der Waals surface area contributed by atoms with Crippen LogP contribution < -0.4 is 4.74 Å². The van der Waals surface area contributed by atoms with Crippen molar-refractivity contribution in [1.29, 1.82) is 0 Å². The van der Waals surface area contributed by atoms with Crippen molar-refractivity contribution in [1.82, 2.24) is 4.90 Å². The van der Waals surface area contributed by atoms with Crippen molar-refractivity contribution in [3.05, 3.63) is 59.9 Å². The maximum Gasteiger partial charge on any atom is 0.254 e. The van der Waals surface area contributed by atoms with E-state index in [0.717, 1.165) is 23.3 Å². The number of ether oxygens (including phenoxy) is 1. The van der Waals surface area contributed by atoms with Crippen molar-refractivity contribution in [2.24, 2.45) is 0 Å². The van der Waals surface area contributed by atoms with Crippen molar-refractivity contribution >= 4 is 17.7 Å². The van der Waals surface area contributed by atoms with Crippen LogP contribution in [0.5, 0.6) is 5.75 Å². The molecule has 3 nitrogen and oxygen atoms in total. The zero-order chi connectivity index (χ0) is 16.9. The first-order valence-electron chi connectivity index (χ1n) is 8.02. The molecule has 1 saturated heterocycles. The number of nitrogens with zero attached hydrogens (tertiary/aromatic N) is 1. The zero-order valence-corrected chi connectivity index (χ0v) is 14.4. The van der Waals surface area contributed by atoms with E-state index < -0.39 is 0 Å². The first-order chi connectivity index (χ1) is 11.7. The Morgan fingerprint density at radius 2 is 1.92 bits per heavy atom. The van der Waals surface area contributed by atoms with E-state index in [1.807, 2.05) is 35.4 Å². The average Bonchev–Trinajstić information content (AvgIpc) is 2.62. The largest absolute Gasteiger partial charge is 0.490 e. The molecule has 1 heterocycles. The van der Waals surface area contributed by atoms with E-state index in [2.05, 4.69) is 0 Å². The Morgan fingerprint density at radius 3 is 2.62 bits per heavy atom. The van der Waals surface area contributed by atoms with Crippen molar-refractivity contribution in [2.45, 2.75) is 23.8 Å². The molecule has 126 valence electrons. The number of hydrogen-bond acceptors (Lipinski definition) is 3. The minimum atomic E-state index is -0.297. The maximum atomic E-state index is 13.2. The molecule has 0 N–H and O–H groups in total. The first-order valence-corrected chi connectivity index (χ1v) is 9.24. The van der Waals surface area contributed by atoms with E-state index in [9.17, 15) is 9.18 Å². The summed E-state index contributed by atoms with van der Waals surface area (Å²) in [7, 11) is 0. The molecule has 0 spiro atoms. The Labute approximate surface area is 145 Å². The normalized spacial score (nSPS) is 15.3. The minimum Gasteiger partial charge on any atom is -0.490 e. The fourth-order valence-corrected chi connectivity index (χ4v) is 3.49. The van der Waals surface area contributed by atoms with Gasteiger partial charge in [0.2, 0.25) is 0 Å². The van der Waals surface area contributed by atoms with Crippen LogP contribution in [0.4, 0.5) is 4.39 Å². The SMILES string of the molecule is CSc1ccccc1C(=O)N1CCC(Oc2cccc(F)c2)CC1. The third-order valence-electron chi connectivity index (χ3n) is 4.17. The quantitative estimate of drug-likeness (QED) is 0.777. The van der Waals surface area contributed by atoms with Gasteiger partial charge in [-0.05, 0) is 30.5 Å². The van der Waals surface area contributed by atoms with Crippen LogP contribution in [0.1, 0.15) is 23.2 Å². The molecule has 1 amide bonds. The van der Waals surface area contributed by atoms with Crippen LogP contribution in [-0.4, -0.2) is 36.3 Å². The molecule has 1 aliphatic heterocycles. The van der Waals surface area contributed by atoms with E-state index in [1.165, 1.54) is 12.1 Å². The summed E-state index contributed by atoms with van der Waals surface area (Å²) >= 11 is 1.58. The van der Waals surface area contributed by atoms with Gasteiger partial charge in [0.15, 0.2) is 0 Å². The van der Waals surface area contributed by atoms with Gasteiger partial charge in [0.1, 0.15) is 17.7 Å². The molecular weight excluding hydrogens is 325 g/mol. The van der Waals surface area contributed by atoms with E-state index >= 15 is 0 Å². The number of hydrogen-bond donors (Lipinski definition) is 0. The molecule has 1 aliphatic rings. The summed E-state index contributed by atoms with van der Waals surface area (Å²) in [5, 5.41) is 0. The second-order valence-electron chi connectivity index (χ2n) is 5.77. The van der Waals surface area contributed by atoms with Gasteiger partial charge in [-0.15, -0.1) is 11.8 Å². The van der Waals surface area contributed by atoms with Crippen molar-refractivity contribution in [3.8, 4) is 5.75 Å². The molecule has 1 fully saturated rings. The van der Waals surface area contributed by atoms with Crippen LogP contribution in [-0.2, 0) is 0 Å². The Kier molecular flexibility index (Phi) is 5.41. The molecule has 2 aromatic carbocycles. The Hall–Kier alpha value is -2.01. The third kappa shape index (κ3) is 3.90. The number of thioether (sulfide) groups is 1. The maximum absolute atomic E-state index is 13.2. The van der Waals surface area contributed by atoms with Crippen molar-refractivity contribution < 1.29 is 13.9 Å². The van der Waals surface area contributed by atoms with Gasteiger partial charge in [-0.25, -0.2) is 4.39 Å². The topological polar surface area (TPSA) is 29.5 Å². The fourth-order valence-electron chi connectivity index (χ4n) is 2.90. The van der Waals surface area contributed by atoms with E-state index in [0.29, 0.717) is 18.8 Å². The number of rotatable bonds is 4. The summed E-state index contributed by atoms with van der Waals surface area (Å²) in [6.45, 7) is 1.31.